The van der Waals surface area contributed by atoms with Gasteiger partial charge in [0.2, 0.25) is 5.82 Å². The van der Waals surface area contributed by atoms with Gasteiger partial charge in [0.25, 0.3) is 0 Å². The highest BCUT2D eigenvalue weighted by Gasteiger charge is 2.23. The van der Waals surface area contributed by atoms with Crippen molar-refractivity contribution in [3.63, 3.8) is 0 Å². The first-order valence-corrected chi connectivity index (χ1v) is 6.00. The molecule has 1 aromatic heterocycles. The first-order valence-electron chi connectivity index (χ1n) is 6.00. The number of hydrogen-bond donors (Lipinski definition) is 1. The van der Waals surface area contributed by atoms with Crippen molar-refractivity contribution < 1.29 is 9.53 Å². The molecule has 0 radical (unpaired) electrons. The van der Waals surface area contributed by atoms with Gasteiger partial charge in [0.15, 0.2) is 0 Å². The molecule has 1 saturated heterocycles. The highest BCUT2D eigenvalue weighted by Crippen LogP contribution is 2.19. The molecule has 98 valence electrons. The first-order chi connectivity index (χ1) is 8.63. The number of ether oxygens (including phenoxy) is 1. The average molecular weight is 250 g/mol. The summed E-state index contributed by atoms with van der Waals surface area (Å²) in [6.45, 7) is 3.68. The van der Waals surface area contributed by atoms with E-state index in [0.717, 1.165) is 31.0 Å². The Kier molecular flexibility index (Phi) is 3.76. The second kappa shape index (κ2) is 5.30. The summed E-state index contributed by atoms with van der Waals surface area (Å²) in [6.07, 6.45) is 1.08. The Labute approximate surface area is 106 Å². The van der Waals surface area contributed by atoms with E-state index in [1.165, 1.54) is 7.11 Å². The zero-order valence-electron chi connectivity index (χ0n) is 10.9. The minimum absolute atomic E-state index is 0.125. The number of likely N-dealkylation sites (N-methyl/N-ethyl adjacent to an activating group) is 1. The van der Waals surface area contributed by atoms with Crippen molar-refractivity contribution in [1.82, 2.24) is 15.3 Å². The third-order valence-electron chi connectivity index (χ3n) is 3.13. The number of methoxy groups -OCH3 is 1. The zero-order chi connectivity index (χ0) is 13.1. The Bertz CT molecular complexity index is 450. The highest BCUT2D eigenvalue weighted by atomic mass is 16.5. The van der Waals surface area contributed by atoms with E-state index in [0.29, 0.717) is 6.04 Å². The van der Waals surface area contributed by atoms with Crippen LogP contribution in [-0.4, -0.2) is 49.2 Å². The van der Waals surface area contributed by atoms with Gasteiger partial charge >= 0.3 is 5.97 Å². The third-order valence-corrected chi connectivity index (χ3v) is 3.13. The Morgan fingerprint density at radius 1 is 1.56 bits per heavy atom. The second-order valence-electron chi connectivity index (χ2n) is 4.40. The van der Waals surface area contributed by atoms with E-state index in [9.17, 15) is 4.79 Å². The molecule has 0 aliphatic carbocycles. The standard InChI is InChI=1S/C12H18N4O2/c1-8-6-10(15-11(14-8)12(17)18-3)16-5-4-9(7-16)13-2/h6,9,13H,4-5,7H2,1-3H3. The summed E-state index contributed by atoms with van der Waals surface area (Å²) in [5, 5.41) is 3.25. The highest BCUT2D eigenvalue weighted by molar-refractivity contribution is 5.85. The minimum atomic E-state index is -0.496. The zero-order valence-corrected chi connectivity index (χ0v) is 10.9. The Hall–Kier alpha value is -1.69. The minimum Gasteiger partial charge on any atom is -0.463 e. The summed E-state index contributed by atoms with van der Waals surface area (Å²) >= 11 is 0. The van der Waals surface area contributed by atoms with Gasteiger partial charge in [-0.05, 0) is 20.4 Å². The number of nitrogens with one attached hydrogen (secondary N) is 1. The molecule has 0 bridgehead atoms. The van der Waals surface area contributed by atoms with Crippen LogP contribution in [0.1, 0.15) is 22.7 Å². The molecule has 1 aromatic rings. The van der Waals surface area contributed by atoms with Crippen LogP contribution in [0.4, 0.5) is 5.82 Å². The first kappa shape index (κ1) is 12.8. The molecule has 1 aliphatic rings. The van der Waals surface area contributed by atoms with E-state index < -0.39 is 5.97 Å². The van der Waals surface area contributed by atoms with E-state index in [2.05, 4.69) is 24.9 Å². The summed E-state index contributed by atoms with van der Waals surface area (Å²) in [7, 11) is 3.29. The normalized spacial score (nSPS) is 19.1. The topological polar surface area (TPSA) is 67.4 Å². The average Bonchev–Trinajstić information content (AvgIpc) is 2.85. The lowest BCUT2D eigenvalue weighted by Crippen LogP contribution is -2.30. The van der Waals surface area contributed by atoms with Crippen molar-refractivity contribution in [2.75, 3.05) is 32.1 Å². The molecule has 6 heteroatoms. The number of carbonyl (C=O) groups excluding carboxylic acids is 1. The van der Waals surface area contributed by atoms with Crippen LogP contribution in [0.15, 0.2) is 6.07 Å². The van der Waals surface area contributed by atoms with Gasteiger partial charge in [-0.1, -0.05) is 0 Å². The SMILES string of the molecule is CNC1CCN(c2cc(C)nc(C(=O)OC)n2)C1. The van der Waals surface area contributed by atoms with Gasteiger partial charge in [-0.3, -0.25) is 0 Å². The lowest BCUT2D eigenvalue weighted by Gasteiger charge is -2.18. The van der Waals surface area contributed by atoms with E-state index >= 15 is 0 Å². The number of carbonyl (C=O) groups is 1. The number of esters is 1. The number of rotatable bonds is 3. The summed E-state index contributed by atoms with van der Waals surface area (Å²) in [5.41, 5.74) is 0.772. The molecular formula is C12H18N4O2. The lowest BCUT2D eigenvalue weighted by molar-refractivity contribution is 0.0586. The maximum absolute atomic E-state index is 11.5. The predicted molar refractivity (Wildman–Crippen MR) is 67.8 cm³/mol. The third kappa shape index (κ3) is 2.59. The molecule has 18 heavy (non-hydrogen) atoms. The van der Waals surface area contributed by atoms with Crippen LogP contribution >= 0.6 is 0 Å². The molecule has 0 spiro atoms. The summed E-state index contributed by atoms with van der Waals surface area (Å²) in [5.74, 6) is 0.422. The monoisotopic (exact) mass is 250 g/mol. The maximum Gasteiger partial charge on any atom is 0.376 e. The summed E-state index contributed by atoms with van der Waals surface area (Å²) < 4.78 is 4.66. The second-order valence-corrected chi connectivity index (χ2v) is 4.40. The van der Waals surface area contributed by atoms with Crippen LogP contribution < -0.4 is 10.2 Å². The smallest absolute Gasteiger partial charge is 0.376 e. The Morgan fingerprint density at radius 2 is 2.33 bits per heavy atom. The van der Waals surface area contributed by atoms with Crippen LogP contribution in [0.25, 0.3) is 0 Å². The fourth-order valence-electron chi connectivity index (χ4n) is 2.10. The van der Waals surface area contributed by atoms with Crippen LogP contribution in [0.3, 0.4) is 0 Å². The van der Waals surface area contributed by atoms with Crippen LogP contribution in [0.5, 0.6) is 0 Å². The molecule has 1 aliphatic heterocycles. The Morgan fingerprint density at radius 3 is 2.94 bits per heavy atom. The fraction of sp³-hybridized carbons (Fsp3) is 0.583. The number of aryl methyl sites for hydroxylation is 1. The lowest BCUT2D eigenvalue weighted by atomic mass is 10.3. The molecule has 1 fully saturated rings. The van der Waals surface area contributed by atoms with E-state index in [1.807, 2.05) is 20.0 Å². The maximum atomic E-state index is 11.5. The van der Waals surface area contributed by atoms with E-state index in [1.54, 1.807) is 0 Å². The quantitative estimate of drug-likeness (QED) is 0.782. The van der Waals surface area contributed by atoms with Crippen LogP contribution in [-0.2, 0) is 4.74 Å². The van der Waals surface area contributed by atoms with Gasteiger partial charge in [0, 0.05) is 30.9 Å². The fourth-order valence-corrected chi connectivity index (χ4v) is 2.10. The number of nitrogens with zero attached hydrogens (tertiary/aromatic N) is 3. The molecule has 2 rings (SSSR count). The molecule has 1 N–H and O–H groups in total. The van der Waals surface area contributed by atoms with Crippen molar-refractivity contribution in [3.8, 4) is 0 Å². The summed E-state index contributed by atoms with van der Waals surface area (Å²) in [6, 6.07) is 2.37. The van der Waals surface area contributed by atoms with Gasteiger partial charge in [-0.2, -0.15) is 0 Å². The molecule has 1 atom stereocenters. The number of hydrogen-bond acceptors (Lipinski definition) is 6. The largest absolute Gasteiger partial charge is 0.463 e. The number of aromatic nitrogens is 2. The van der Waals surface area contributed by atoms with Crippen molar-refractivity contribution in [2.45, 2.75) is 19.4 Å². The van der Waals surface area contributed by atoms with Crippen LogP contribution in [0.2, 0.25) is 0 Å². The molecular weight excluding hydrogens is 232 g/mol. The predicted octanol–water partition coefficient (Wildman–Crippen LogP) is 0.370. The molecule has 0 amide bonds. The van der Waals surface area contributed by atoms with Crippen molar-refractivity contribution in [3.05, 3.63) is 17.6 Å². The van der Waals surface area contributed by atoms with Crippen molar-refractivity contribution in [1.29, 1.82) is 0 Å². The van der Waals surface area contributed by atoms with Crippen molar-refractivity contribution in [2.24, 2.45) is 0 Å². The molecule has 1 unspecified atom stereocenters. The van der Waals surface area contributed by atoms with Crippen LogP contribution in [0, 0.1) is 6.92 Å². The molecule has 0 saturated carbocycles. The molecule has 0 aromatic carbocycles. The Balaban J connectivity index is 2.23. The van der Waals surface area contributed by atoms with E-state index in [-0.39, 0.29) is 5.82 Å². The van der Waals surface area contributed by atoms with Gasteiger partial charge in [-0.25, -0.2) is 14.8 Å². The molecule has 6 nitrogen and oxygen atoms in total. The van der Waals surface area contributed by atoms with Gasteiger partial charge in [0.05, 0.1) is 7.11 Å². The van der Waals surface area contributed by atoms with E-state index in [4.69, 9.17) is 0 Å². The number of anilines is 1. The molecule has 2 heterocycles. The summed E-state index contributed by atoms with van der Waals surface area (Å²) in [4.78, 5) is 22.0. The van der Waals surface area contributed by atoms with Crippen molar-refractivity contribution >= 4 is 11.8 Å². The van der Waals surface area contributed by atoms with Gasteiger partial charge < -0.3 is 15.0 Å². The van der Waals surface area contributed by atoms with Gasteiger partial charge in [-0.15, -0.1) is 0 Å². The van der Waals surface area contributed by atoms with Gasteiger partial charge in [0.1, 0.15) is 5.82 Å².